The molecule has 0 saturated carbocycles. The minimum atomic E-state index is -0.423. The van der Waals surface area contributed by atoms with Gasteiger partial charge in [0.25, 0.3) is 0 Å². The molecule has 1 aromatic carbocycles. The third kappa shape index (κ3) is 3.73. The minimum Gasteiger partial charge on any atom is -0.490 e. The lowest BCUT2D eigenvalue weighted by molar-refractivity contribution is 0.120. The second kappa shape index (κ2) is 6.61. The Morgan fingerprint density at radius 3 is 3.05 bits per heavy atom. The molecule has 2 rings (SSSR count). The first-order chi connectivity index (χ1) is 9.20. The summed E-state index contributed by atoms with van der Waals surface area (Å²) in [7, 11) is 0. The van der Waals surface area contributed by atoms with Crippen LogP contribution in [0.15, 0.2) is 12.1 Å². The van der Waals surface area contributed by atoms with Crippen LogP contribution in [0.4, 0.5) is 15.8 Å². The lowest BCUT2D eigenvalue weighted by atomic mass is 10.2. The van der Waals surface area contributed by atoms with Crippen LogP contribution < -0.4 is 15.8 Å². The summed E-state index contributed by atoms with van der Waals surface area (Å²) in [6.45, 7) is 3.97. The molecule has 1 saturated heterocycles. The van der Waals surface area contributed by atoms with E-state index in [1.54, 1.807) is 6.07 Å². The molecule has 19 heavy (non-hydrogen) atoms. The van der Waals surface area contributed by atoms with E-state index in [0.717, 1.165) is 25.9 Å². The predicted molar refractivity (Wildman–Crippen MR) is 74.1 cm³/mol. The Labute approximate surface area is 113 Å². The fourth-order valence-corrected chi connectivity index (χ4v) is 2.07. The van der Waals surface area contributed by atoms with Crippen LogP contribution in [0.3, 0.4) is 0 Å². The van der Waals surface area contributed by atoms with E-state index in [-0.39, 0.29) is 11.9 Å². The van der Waals surface area contributed by atoms with Gasteiger partial charge < -0.3 is 20.5 Å². The summed E-state index contributed by atoms with van der Waals surface area (Å²) < 4.78 is 24.5. The van der Waals surface area contributed by atoms with E-state index in [1.165, 1.54) is 6.07 Å². The number of hydrogen-bond donors (Lipinski definition) is 2. The molecule has 1 heterocycles. The molecule has 1 aliphatic rings. The van der Waals surface area contributed by atoms with Gasteiger partial charge in [-0.2, -0.15) is 0 Å². The Hall–Kier alpha value is -1.49. The number of anilines is 2. The van der Waals surface area contributed by atoms with Crippen molar-refractivity contribution in [1.82, 2.24) is 0 Å². The van der Waals surface area contributed by atoms with Crippen molar-refractivity contribution in [2.75, 3.05) is 30.8 Å². The molecule has 0 radical (unpaired) electrons. The van der Waals surface area contributed by atoms with Crippen molar-refractivity contribution in [2.24, 2.45) is 0 Å². The van der Waals surface area contributed by atoms with Gasteiger partial charge in [0.2, 0.25) is 0 Å². The van der Waals surface area contributed by atoms with Crippen molar-refractivity contribution >= 4 is 11.4 Å². The Morgan fingerprint density at radius 1 is 1.53 bits per heavy atom. The summed E-state index contributed by atoms with van der Waals surface area (Å²) in [4.78, 5) is 0. The zero-order valence-corrected chi connectivity index (χ0v) is 11.2. The molecular weight excluding hydrogens is 247 g/mol. The van der Waals surface area contributed by atoms with E-state index in [0.29, 0.717) is 24.5 Å². The van der Waals surface area contributed by atoms with Crippen LogP contribution >= 0.6 is 0 Å². The first kappa shape index (κ1) is 13.9. The maximum absolute atomic E-state index is 13.6. The average molecular weight is 268 g/mol. The standard InChI is InChI=1S/C14H21FN2O2/c1-2-5-19-14-8-13(12(16)7-11(14)15)17-9-10-4-3-6-18-10/h7-8,10,17H,2-6,9,16H2,1H3. The zero-order chi connectivity index (χ0) is 13.7. The quantitative estimate of drug-likeness (QED) is 0.779. The molecule has 3 N–H and O–H groups in total. The molecule has 1 atom stereocenters. The van der Waals surface area contributed by atoms with Gasteiger partial charge in [-0.15, -0.1) is 0 Å². The summed E-state index contributed by atoms with van der Waals surface area (Å²) in [5.74, 6) is -0.181. The Bertz CT molecular complexity index is 420. The van der Waals surface area contributed by atoms with Gasteiger partial charge in [-0.05, 0) is 19.3 Å². The van der Waals surface area contributed by atoms with Crippen LogP contribution in [0.5, 0.6) is 5.75 Å². The lowest BCUT2D eigenvalue weighted by Crippen LogP contribution is -2.19. The van der Waals surface area contributed by atoms with Crippen molar-refractivity contribution in [3.63, 3.8) is 0 Å². The van der Waals surface area contributed by atoms with Crippen LogP contribution in [0, 0.1) is 5.82 Å². The van der Waals surface area contributed by atoms with E-state index >= 15 is 0 Å². The minimum absolute atomic E-state index is 0.212. The number of nitrogens with two attached hydrogens (primary N) is 1. The maximum atomic E-state index is 13.6. The van der Waals surface area contributed by atoms with Crippen molar-refractivity contribution in [2.45, 2.75) is 32.3 Å². The Kier molecular flexibility index (Phi) is 4.85. The fourth-order valence-electron chi connectivity index (χ4n) is 2.07. The van der Waals surface area contributed by atoms with Crippen LogP contribution in [-0.2, 0) is 4.74 Å². The molecule has 5 heteroatoms. The highest BCUT2D eigenvalue weighted by Crippen LogP contribution is 2.28. The van der Waals surface area contributed by atoms with Gasteiger partial charge in [-0.3, -0.25) is 0 Å². The summed E-state index contributed by atoms with van der Waals surface area (Å²) >= 11 is 0. The second-order valence-corrected chi connectivity index (χ2v) is 4.73. The fraction of sp³-hybridized carbons (Fsp3) is 0.571. The third-order valence-corrected chi connectivity index (χ3v) is 3.11. The van der Waals surface area contributed by atoms with Gasteiger partial charge in [0.05, 0.1) is 24.1 Å². The zero-order valence-electron chi connectivity index (χ0n) is 11.2. The number of ether oxygens (including phenoxy) is 2. The average Bonchev–Trinajstić information content (AvgIpc) is 2.90. The van der Waals surface area contributed by atoms with Crippen molar-refractivity contribution < 1.29 is 13.9 Å². The maximum Gasteiger partial charge on any atom is 0.167 e. The molecule has 1 fully saturated rings. The summed E-state index contributed by atoms with van der Waals surface area (Å²) in [6, 6.07) is 2.91. The van der Waals surface area contributed by atoms with Crippen LogP contribution in [0.1, 0.15) is 26.2 Å². The number of nitrogens with one attached hydrogen (secondary N) is 1. The van der Waals surface area contributed by atoms with Gasteiger partial charge in [-0.25, -0.2) is 4.39 Å². The summed E-state index contributed by atoms with van der Waals surface area (Å²) in [5.41, 5.74) is 6.89. The van der Waals surface area contributed by atoms with E-state index in [2.05, 4.69) is 5.32 Å². The van der Waals surface area contributed by atoms with Gasteiger partial charge in [-0.1, -0.05) is 6.92 Å². The molecule has 0 spiro atoms. The van der Waals surface area contributed by atoms with E-state index in [1.807, 2.05) is 6.92 Å². The Morgan fingerprint density at radius 2 is 2.37 bits per heavy atom. The summed E-state index contributed by atoms with van der Waals surface area (Å²) in [6.07, 6.45) is 3.19. The van der Waals surface area contributed by atoms with Crippen LogP contribution in [0.2, 0.25) is 0 Å². The smallest absolute Gasteiger partial charge is 0.167 e. The first-order valence-electron chi connectivity index (χ1n) is 6.78. The number of benzene rings is 1. The Balaban J connectivity index is 2.01. The highest BCUT2D eigenvalue weighted by atomic mass is 19.1. The topological polar surface area (TPSA) is 56.5 Å². The molecule has 0 bridgehead atoms. The predicted octanol–water partition coefficient (Wildman–Crippen LogP) is 2.79. The van der Waals surface area contributed by atoms with Crippen molar-refractivity contribution in [3.8, 4) is 5.75 Å². The molecule has 1 unspecified atom stereocenters. The third-order valence-electron chi connectivity index (χ3n) is 3.11. The van der Waals surface area contributed by atoms with Gasteiger partial charge in [0.1, 0.15) is 0 Å². The largest absolute Gasteiger partial charge is 0.490 e. The van der Waals surface area contributed by atoms with Gasteiger partial charge >= 0.3 is 0 Å². The van der Waals surface area contributed by atoms with E-state index < -0.39 is 5.82 Å². The van der Waals surface area contributed by atoms with E-state index in [9.17, 15) is 4.39 Å². The first-order valence-corrected chi connectivity index (χ1v) is 6.78. The monoisotopic (exact) mass is 268 g/mol. The number of halogens is 1. The molecule has 1 aromatic rings. The summed E-state index contributed by atoms with van der Waals surface area (Å²) in [5, 5.41) is 3.20. The van der Waals surface area contributed by atoms with Gasteiger partial charge in [0, 0.05) is 25.3 Å². The molecule has 0 aliphatic carbocycles. The molecule has 0 aromatic heterocycles. The van der Waals surface area contributed by atoms with Gasteiger partial charge in [0.15, 0.2) is 11.6 Å². The molecule has 4 nitrogen and oxygen atoms in total. The van der Waals surface area contributed by atoms with Crippen molar-refractivity contribution in [1.29, 1.82) is 0 Å². The lowest BCUT2D eigenvalue weighted by Gasteiger charge is -2.15. The highest BCUT2D eigenvalue weighted by molar-refractivity contribution is 5.68. The molecule has 1 aliphatic heterocycles. The number of nitrogen functional groups attached to an aromatic ring is 1. The molecule has 106 valence electrons. The van der Waals surface area contributed by atoms with Crippen LogP contribution in [-0.4, -0.2) is 25.9 Å². The van der Waals surface area contributed by atoms with Crippen LogP contribution in [0.25, 0.3) is 0 Å². The highest BCUT2D eigenvalue weighted by Gasteiger charge is 2.16. The van der Waals surface area contributed by atoms with Crippen molar-refractivity contribution in [3.05, 3.63) is 17.9 Å². The number of rotatable bonds is 6. The molecule has 0 amide bonds. The second-order valence-electron chi connectivity index (χ2n) is 4.73. The molecular formula is C14H21FN2O2. The SMILES string of the molecule is CCCOc1cc(NCC2CCCO2)c(N)cc1F. The normalized spacial score (nSPS) is 18.5. The number of hydrogen-bond acceptors (Lipinski definition) is 4. The van der Waals surface area contributed by atoms with E-state index in [4.69, 9.17) is 15.2 Å².